The number of benzene rings is 2. The molecule has 1 aliphatic heterocycles. The Morgan fingerprint density at radius 3 is 2.38 bits per heavy atom. The highest BCUT2D eigenvalue weighted by atomic mass is 35.5. The van der Waals surface area contributed by atoms with Gasteiger partial charge in [-0.2, -0.15) is 0 Å². The fraction of sp³-hybridized carbons (Fsp3) is 0.318. The smallest absolute Gasteiger partial charge is 0.185 e. The first-order valence-electron chi connectivity index (χ1n) is 9.63. The van der Waals surface area contributed by atoms with Crippen LogP contribution in [0.2, 0.25) is 5.02 Å². The van der Waals surface area contributed by atoms with Gasteiger partial charge in [0.25, 0.3) is 0 Å². The van der Waals surface area contributed by atoms with Gasteiger partial charge < -0.3 is 4.90 Å². The number of hydrogen-bond donors (Lipinski definition) is 0. The molecule has 4 nitrogen and oxygen atoms in total. The summed E-state index contributed by atoms with van der Waals surface area (Å²) in [6.45, 7) is 5.58. The second kappa shape index (κ2) is 8.09. The van der Waals surface area contributed by atoms with Crippen LogP contribution in [0.25, 0.3) is 11.3 Å². The van der Waals surface area contributed by atoms with Crippen LogP contribution in [0.4, 0.5) is 5.13 Å². The first-order chi connectivity index (χ1) is 13.9. The normalized spacial score (nSPS) is 15.6. The number of piperidine rings is 1. The van der Waals surface area contributed by atoms with Gasteiger partial charge >= 0.3 is 0 Å². The van der Waals surface area contributed by atoms with E-state index in [0.717, 1.165) is 10.8 Å². The zero-order valence-electron chi connectivity index (χ0n) is 16.4. The molecule has 0 atom stereocenters. The van der Waals surface area contributed by atoms with Crippen molar-refractivity contribution in [3.63, 3.8) is 0 Å². The van der Waals surface area contributed by atoms with Gasteiger partial charge in [0.2, 0.25) is 0 Å². The van der Waals surface area contributed by atoms with Crippen LogP contribution < -0.4 is 4.90 Å². The Labute approximate surface area is 181 Å². The maximum Gasteiger partial charge on any atom is 0.185 e. The molecule has 0 aliphatic carbocycles. The molecule has 2 heterocycles. The molecule has 0 spiro atoms. The Bertz CT molecular complexity index is 1110. The second-order valence-corrected chi connectivity index (χ2v) is 11.0. The molecular weight excluding hydrogens is 424 g/mol. The van der Waals surface area contributed by atoms with E-state index in [1.165, 1.54) is 16.7 Å². The van der Waals surface area contributed by atoms with E-state index in [1.807, 2.05) is 0 Å². The first-order valence-corrected chi connectivity index (χ1v) is 12.4. The van der Waals surface area contributed by atoms with Crippen molar-refractivity contribution in [3.8, 4) is 11.3 Å². The monoisotopic (exact) mass is 446 g/mol. The summed E-state index contributed by atoms with van der Waals surface area (Å²) in [5.41, 5.74) is 4.61. The molecule has 1 fully saturated rings. The molecule has 4 rings (SSSR count). The summed E-state index contributed by atoms with van der Waals surface area (Å²) in [5, 5.41) is 3.13. The molecular formula is C22H23ClN2O2S2. The van der Waals surface area contributed by atoms with Crippen molar-refractivity contribution >= 4 is 37.9 Å². The maximum atomic E-state index is 13.0. The van der Waals surface area contributed by atoms with E-state index in [4.69, 9.17) is 16.6 Å². The van der Waals surface area contributed by atoms with Crippen LogP contribution in [0.3, 0.4) is 0 Å². The summed E-state index contributed by atoms with van der Waals surface area (Å²) in [4.78, 5) is 7.38. The fourth-order valence-electron chi connectivity index (χ4n) is 3.94. The Morgan fingerprint density at radius 2 is 1.72 bits per heavy atom. The predicted molar refractivity (Wildman–Crippen MR) is 121 cm³/mol. The first kappa shape index (κ1) is 20.4. The van der Waals surface area contributed by atoms with E-state index in [1.54, 1.807) is 35.6 Å². The highest BCUT2D eigenvalue weighted by Gasteiger charge is 2.32. The summed E-state index contributed by atoms with van der Waals surface area (Å²) in [7, 11) is -3.37. The number of sulfone groups is 1. The van der Waals surface area contributed by atoms with Gasteiger partial charge in [-0.25, -0.2) is 13.4 Å². The standard InChI is InChI=1S/C22H23ClN2O2S2/c1-15-5-3-6-16(2)21(15)20-14-28-22(24-20)25-11-9-18(10-12-25)29(26,27)19-8-4-7-17(23)13-19/h3-8,13-14,18H,9-12H2,1-2H3. The van der Waals surface area contributed by atoms with Gasteiger partial charge in [0.05, 0.1) is 15.8 Å². The molecule has 0 saturated carbocycles. The van der Waals surface area contributed by atoms with E-state index < -0.39 is 9.84 Å². The largest absolute Gasteiger partial charge is 0.348 e. The van der Waals surface area contributed by atoms with E-state index in [0.29, 0.717) is 35.8 Å². The summed E-state index contributed by atoms with van der Waals surface area (Å²) in [6.07, 6.45) is 1.18. The lowest BCUT2D eigenvalue weighted by atomic mass is 10.0. The molecule has 7 heteroatoms. The van der Waals surface area contributed by atoms with Gasteiger partial charge in [0.15, 0.2) is 15.0 Å². The number of anilines is 1. The van der Waals surface area contributed by atoms with Gasteiger partial charge in [-0.15, -0.1) is 11.3 Å². The van der Waals surface area contributed by atoms with Crippen LogP contribution in [0.15, 0.2) is 52.7 Å². The van der Waals surface area contributed by atoms with Crippen molar-refractivity contribution in [2.24, 2.45) is 0 Å². The lowest BCUT2D eigenvalue weighted by Crippen LogP contribution is -2.39. The average Bonchev–Trinajstić information content (AvgIpc) is 3.18. The number of aryl methyl sites for hydroxylation is 2. The van der Waals surface area contributed by atoms with Crippen LogP contribution in [0.1, 0.15) is 24.0 Å². The SMILES string of the molecule is Cc1cccc(C)c1-c1csc(N2CCC(S(=O)(=O)c3cccc(Cl)c3)CC2)n1. The van der Waals surface area contributed by atoms with Crippen molar-refractivity contribution in [3.05, 3.63) is 64.0 Å². The van der Waals surface area contributed by atoms with Gasteiger partial charge in [0.1, 0.15) is 0 Å². The van der Waals surface area contributed by atoms with Gasteiger partial charge in [-0.3, -0.25) is 0 Å². The van der Waals surface area contributed by atoms with Crippen molar-refractivity contribution in [1.29, 1.82) is 0 Å². The van der Waals surface area contributed by atoms with Crippen LogP contribution in [-0.2, 0) is 9.84 Å². The topological polar surface area (TPSA) is 50.3 Å². The third kappa shape index (κ3) is 4.06. The minimum absolute atomic E-state index is 0.315. The third-order valence-corrected chi connectivity index (χ3v) is 8.90. The van der Waals surface area contributed by atoms with E-state index in [-0.39, 0.29) is 5.25 Å². The fourth-order valence-corrected chi connectivity index (χ4v) is 6.84. The second-order valence-electron chi connectivity index (χ2n) is 7.47. The number of hydrogen-bond acceptors (Lipinski definition) is 5. The van der Waals surface area contributed by atoms with E-state index in [9.17, 15) is 8.42 Å². The lowest BCUT2D eigenvalue weighted by molar-refractivity contribution is 0.529. The molecule has 0 bridgehead atoms. The molecule has 0 unspecified atom stereocenters. The quantitative estimate of drug-likeness (QED) is 0.529. The van der Waals surface area contributed by atoms with Crippen LogP contribution in [-0.4, -0.2) is 31.7 Å². The zero-order valence-corrected chi connectivity index (χ0v) is 18.8. The number of nitrogens with zero attached hydrogens (tertiary/aromatic N) is 2. The minimum atomic E-state index is -3.37. The Morgan fingerprint density at radius 1 is 1.07 bits per heavy atom. The molecule has 0 N–H and O–H groups in total. The molecule has 29 heavy (non-hydrogen) atoms. The zero-order chi connectivity index (χ0) is 20.6. The van der Waals surface area contributed by atoms with Gasteiger partial charge in [-0.1, -0.05) is 35.9 Å². The maximum absolute atomic E-state index is 13.0. The molecule has 1 aromatic heterocycles. The molecule has 3 aromatic rings. The number of thiazole rings is 1. The van der Waals surface area contributed by atoms with Crippen LogP contribution in [0, 0.1) is 13.8 Å². The van der Waals surface area contributed by atoms with Crippen LogP contribution in [0.5, 0.6) is 0 Å². The summed E-state index contributed by atoms with van der Waals surface area (Å²) >= 11 is 7.61. The predicted octanol–water partition coefficient (Wildman–Crippen LogP) is 5.52. The minimum Gasteiger partial charge on any atom is -0.348 e. The molecule has 1 saturated heterocycles. The number of rotatable bonds is 4. The van der Waals surface area contributed by atoms with Gasteiger partial charge in [-0.05, 0) is 56.0 Å². The summed E-state index contributed by atoms with van der Waals surface area (Å²) < 4.78 is 25.9. The van der Waals surface area contributed by atoms with Crippen molar-refractivity contribution in [2.75, 3.05) is 18.0 Å². The van der Waals surface area contributed by atoms with Gasteiger partial charge in [0, 0.05) is 29.1 Å². The third-order valence-electron chi connectivity index (χ3n) is 5.51. The highest BCUT2D eigenvalue weighted by molar-refractivity contribution is 7.92. The number of halogens is 1. The lowest BCUT2D eigenvalue weighted by Gasteiger charge is -2.31. The Kier molecular flexibility index (Phi) is 5.69. The Hall–Kier alpha value is -1.89. The molecule has 152 valence electrons. The Balaban J connectivity index is 1.49. The van der Waals surface area contributed by atoms with Crippen molar-refractivity contribution in [2.45, 2.75) is 36.8 Å². The molecule has 2 aromatic carbocycles. The number of aromatic nitrogens is 1. The van der Waals surface area contributed by atoms with E-state index in [2.05, 4.69) is 42.3 Å². The average molecular weight is 447 g/mol. The summed E-state index contributed by atoms with van der Waals surface area (Å²) in [6, 6.07) is 12.8. The molecule has 1 aliphatic rings. The van der Waals surface area contributed by atoms with Crippen molar-refractivity contribution < 1.29 is 8.42 Å². The molecule has 0 radical (unpaired) electrons. The van der Waals surface area contributed by atoms with Crippen molar-refractivity contribution in [1.82, 2.24) is 4.98 Å². The summed E-state index contributed by atoms with van der Waals surface area (Å²) in [5.74, 6) is 0. The molecule has 0 amide bonds. The van der Waals surface area contributed by atoms with E-state index >= 15 is 0 Å². The van der Waals surface area contributed by atoms with Crippen LogP contribution >= 0.6 is 22.9 Å². The highest BCUT2D eigenvalue weighted by Crippen LogP contribution is 2.34.